The highest BCUT2D eigenvalue weighted by Crippen LogP contribution is 2.24. The molecule has 0 fully saturated rings. The van der Waals surface area contributed by atoms with E-state index in [-0.39, 0.29) is 16.7 Å². The molecule has 1 aromatic heterocycles. The van der Waals surface area contributed by atoms with Crippen LogP contribution in [-0.4, -0.2) is 27.1 Å². The molecule has 1 atom stereocenters. The van der Waals surface area contributed by atoms with Crippen LogP contribution >= 0.6 is 0 Å². The van der Waals surface area contributed by atoms with Crippen molar-refractivity contribution in [2.75, 3.05) is 7.05 Å². The van der Waals surface area contributed by atoms with Crippen molar-refractivity contribution in [1.82, 2.24) is 15.1 Å². The highest BCUT2D eigenvalue weighted by Gasteiger charge is 2.17. The molecular formula is C14H18N4O3. The Morgan fingerprint density at radius 1 is 1.38 bits per heavy atom. The van der Waals surface area contributed by atoms with Gasteiger partial charge in [0.15, 0.2) is 0 Å². The lowest BCUT2D eigenvalue weighted by molar-refractivity contribution is -0.384. The van der Waals surface area contributed by atoms with Crippen molar-refractivity contribution in [3.8, 4) is 0 Å². The average Bonchev–Trinajstić information content (AvgIpc) is 2.94. The maximum Gasteiger partial charge on any atom is 0.269 e. The van der Waals surface area contributed by atoms with E-state index in [2.05, 4.69) is 10.2 Å². The molecule has 1 heterocycles. The third kappa shape index (κ3) is 3.63. The van der Waals surface area contributed by atoms with Gasteiger partial charge in [-0.15, -0.1) is 10.2 Å². The molecule has 0 amide bonds. The van der Waals surface area contributed by atoms with Gasteiger partial charge in [0, 0.05) is 24.6 Å². The predicted molar refractivity (Wildman–Crippen MR) is 76.7 cm³/mol. The molecule has 0 radical (unpaired) electrons. The van der Waals surface area contributed by atoms with E-state index in [0.29, 0.717) is 24.7 Å². The molecule has 112 valence electrons. The van der Waals surface area contributed by atoms with Crippen molar-refractivity contribution in [3.63, 3.8) is 0 Å². The standard InChI is InChI=1S/C14H18N4O3/c1-4-13-15-16-14(21-13)9-17(3)10(2)11-6-5-7-12(8-11)18(19)20/h5-8,10H,4,9H2,1-3H3/t10-/m1/s1. The van der Waals surface area contributed by atoms with Gasteiger partial charge in [-0.25, -0.2) is 0 Å². The first-order valence-electron chi connectivity index (χ1n) is 6.77. The predicted octanol–water partition coefficient (Wildman–Crippen LogP) is 2.73. The summed E-state index contributed by atoms with van der Waals surface area (Å²) in [7, 11) is 1.92. The molecule has 0 aliphatic heterocycles. The third-order valence-electron chi connectivity index (χ3n) is 3.42. The normalized spacial score (nSPS) is 12.6. The number of nitro groups is 1. The number of nitro benzene ring substituents is 1. The van der Waals surface area contributed by atoms with Gasteiger partial charge in [-0.3, -0.25) is 15.0 Å². The first kappa shape index (κ1) is 15.1. The van der Waals surface area contributed by atoms with Crippen LogP contribution in [0.3, 0.4) is 0 Å². The first-order chi connectivity index (χ1) is 10.0. The minimum atomic E-state index is -0.387. The number of benzene rings is 1. The molecule has 2 rings (SSSR count). The molecular weight excluding hydrogens is 272 g/mol. The fraction of sp³-hybridized carbons (Fsp3) is 0.429. The Bertz CT molecular complexity index is 626. The highest BCUT2D eigenvalue weighted by molar-refractivity contribution is 5.35. The Hall–Kier alpha value is -2.28. The second-order valence-corrected chi connectivity index (χ2v) is 4.89. The summed E-state index contributed by atoms with van der Waals surface area (Å²) in [6.45, 7) is 4.43. The number of hydrogen-bond acceptors (Lipinski definition) is 6. The fourth-order valence-corrected chi connectivity index (χ4v) is 2.00. The van der Waals surface area contributed by atoms with Gasteiger partial charge in [0.05, 0.1) is 11.5 Å². The molecule has 0 aliphatic rings. The van der Waals surface area contributed by atoms with E-state index >= 15 is 0 Å². The van der Waals surface area contributed by atoms with E-state index in [1.165, 1.54) is 6.07 Å². The van der Waals surface area contributed by atoms with Crippen molar-refractivity contribution in [3.05, 3.63) is 51.7 Å². The van der Waals surface area contributed by atoms with E-state index in [1.54, 1.807) is 12.1 Å². The monoisotopic (exact) mass is 290 g/mol. The fourth-order valence-electron chi connectivity index (χ4n) is 2.00. The number of aryl methyl sites for hydroxylation is 1. The molecule has 7 heteroatoms. The number of nitrogens with zero attached hydrogens (tertiary/aromatic N) is 4. The molecule has 0 saturated carbocycles. The number of rotatable bonds is 6. The summed E-state index contributed by atoms with van der Waals surface area (Å²) in [5.74, 6) is 1.16. The van der Waals surface area contributed by atoms with Crippen molar-refractivity contribution < 1.29 is 9.34 Å². The number of aromatic nitrogens is 2. The Balaban J connectivity index is 2.09. The SMILES string of the molecule is CCc1nnc(CN(C)[C@H](C)c2cccc([N+](=O)[O-])c2)o1. The van der Waals surface area contributed by atoms with E-state index in [9.17, 15) is 10.1 Å². The molecule has 0 unspecified atom stereocenters. The molecule has 2 aromatic rings. The second-order valence-electron chi connectivity index (χ2n) is 4.89. The third-order valence-corrected chi connectivity index (χ3v) is 3.42. The molecule has 7 nitrogen and oxygen atoms in total. The smallest absolute Gasteiger partial charge is 0.269 e. The maximum atomic E-state index is 10.8. The van der Waals surface area contributed by atoms with Crippen LogP contribution in [0, 0.1) is 10.1 Å². The van der Waals surface area contributed by atoms with Gasteiger partial charge < -0.3 is 4.42 Å². The van der Waals surface area contributed by atoms with E-state index < -0.39 is 0 Å². The van der Waals surface area contributed by atoms with Crippen LogP contribution in [0.4, 0.5) is 5.69 Å². The maximum absolute atomic E-state index is 10.8. The van der Waals surface area contributed by atoms with Gasteiger partial charge in [0.2, 0.25) is 11.8 Å². The summed E-state index contributed by atoms with van der Waals surface area (Å²) in [5.41, 5.74) is 0.973. The van der Waals surface area contributed by atoms with Gasteiger partial charge in [0.1, 0.15) is 0 Å². The van der Waals surface area contributed by atoms with Crippen LogP contribution < -0.4 is 0 Å². The van der Waals surface area contributed by atoms with Crippen molar-refractivity contribution >= 4 is 5.69 Å². The summed E-state index contributed by atoms with van der Waals surface area (Å²) in [4.78, 5) is 12.4. The van der Waals surface area contributed by atoms with Gasteiger partial charge in [-0.1, -0.05) is 19.1 Å². The van der Waals surface area contributed by atoms with Crippen LogP contribution in [0.1, 0.15) is 37.2 Å². The summed E-state index contributed by atoms with van der Waals surface area (Å²) in [5, 5.41) is 18.7. The summed E-state index contributed by atoms with van der Waals surface area (Å²) < 4.78 is 5.48. The summed E-state index contributed by atoms with van der Waals surface area (Å²) >= 11 is 0. The van der Waals surface area contributed by atoms with Crippen LogP contribution in [0.2, 0.25) is 0 Å². The lowest BCUT2D eigenvalue weighted by atomic mass is 10.1. The highest BCUT2D eigenvalue weighted by atomic mass is 16.6. The van der Waals surface area contributed by atoms with Crippen molar-refractivity contribution in [2.24, 2.45) is 0 Å². The number of hydrogen-bond donors (Lipinski definition) is 0. The zero-order chi connectivity index (χ0) is 15.4. The lowest BCUT2D eigenvalue weighted by Crippen LogP contribution is -2.22. The van der Waals surface area contributed by atoms with Crippen LogP contribution in [0.5, 0.6) is 0 Å². The molecule has 0 spiro atoms. The zero-order valence-corrected chi connectivity index (χ0v) is 12.3. The van der Waals surface area contributed by atoms with Gasteiger partial charge in [-0.2, -0.15) is 0 Å². The van der Waals surface area contributed by atoms with E-state index in [4.69, 9.17) is 4.42 Å². The molecule has 0 N–H and O–H groups in total. The largest absolute Gasteiger partial charge is 0.424 e. The molecule has 0 bridgehead atoms. The van der Waals surface area contributed by atoms with Gasteiger partial charge in [0.25, 0.3) is 5.69 Å². The summed E-state index contributed by atoms with van der Waals surface area (Å²) in [6, 6.07) is 6.65. The molecule has 21 heavy (non-hydrogen) atoms. The van der Waals surface area contributed by atoms with E-state index in [0.717, 1.165) is 5.56 Å². The van der Waals surface area contributed by atoms with Gasteiger partial charge >= 0.3 is 0 Å². The molecule has 0 saturated heterocycles. The second kappa shape index (κ2) is 6.45. The Labute approximate surface area is 122 Å². The summed E-state index contributed by atoms with van der Waals surface area (Å²) in [6.07, 6.45) is 0.706. The molecule has 0 aliphatic carbocycles. The van der Waals surface area contributed by atoms with Crippen molar-refractivity contribution in [1.29, 1.82) is 0 Å². The Morgan fingerprint density at radius 2 is 2.10 bits per heavy atom. The average molecular weight is 290 g/mol. The topological polar surface area (TPSA) is 85.3 Å². The minimum Gasteiger partial charge on any atom is -0.424 e. The quantitative estimate of drug-likeness (QED) is 0.600. The zero-order valence-electron chi connectivity index (χ0n) is 12.3. The van der Waals surface area contributed by atoms with Gasteiger partial charge in [-0.05, 0) is 19.5 Å². The lowest BCUT2D eigenvalue weighted by Gasteiger charge is -2.23. The Kier molecular flexibility index (Phi) is 4.64. The van der Waals surface area contributed by atoms with Crippen LogP contribution in [0.25, 0.3) is 0 Å². The van der Waals surface area contributed by atoms with Crippen LogP contribution in [-0.2, 0) is 13.0 Å². The molecule has 1 aromatic carbocycles. The number of non-ortho nitro benzene ring substituents is 1. The Morgan fingerprint density at radius 3 is 2.71 bits per heavy atom. The minimum absolute atomic E-state index is 0.00174. The van der Waals surface area contributed by atoms with E-state index in [1.807, 2.05) is 31.9 Å². The first-order valence-corrected chi connectivity index (χ1v) is 6.77. The van der Waals surface area contributed by atoms with Crippen molar-refractivity contribution in [2.45, 2.75) is 32.9 Å². The van der Waals surface area contributed by atoms with Crippen LogP contribution in [0.15, 0.2) is 28.7 Å².